The minimum Gasteiger partial charge on any atom is -0.493 e. The molecule has 3 aromatic carbocycles. The normalized spacial score (nSPS) is 11.3. The van der Waals surface area contributed by atoms with Crippen LogP contribution in [0.4, 0.5) is 13.2 Å². The summed E-state index contributed by atoms with van der Waals surface area (Å²) in [5, 5.41) is 4.02. The number of halogens is 4. The molecule has 4 rings (SSSR count). The van der Waals surface area contributed by atoms with Crippen LogP contribution in [-0.4, -0.2) is 48.3 Å². The zero-order valence-electron chi connectivity index (χ0n) is 21.2. The lowest BCUT2D eigenvalue weighted by Crippen LogP contribution is -2.35. The molecule has 11 heteroatoms. The number of alkyl halides is 3. The summed E-state index contributed by atoms with van der Waals surface area (Å²) in [6.07, 6.45) is -3.75. The van der Waals surface area contributed by atoms with Gasteiger partial charge in [0.25, 0.3) is 5.91 Å². The third-order valence-electron chi connectivity index (χ3n) is 6.03. The van der Waals surface area contributed by atoms with E-state index in [0.717, 1.165) is 27.7 Å². The van der Waals surface area contributed by atoms with Gasteiger partial charge in [0.05, 0.1) is 19.8 Å². The third kappa shape index (κ3) is 7.17. The second-order valence-corrected chi connectivity index (χ2v) is 9.49. The van der Waals surface area contributed by atoms with E-state index in [9.17, 15) is 18.0 Å². The van der Waals surface area contributed by atoms with Gasteiger partial charge in [-0.3, -0.25) is 4.79 Å². The quantitative estimate of drug-likeness (QED) is 0.207. The van der Waals surface area contributed by atoms with Gasteiger partial charge in [-0.1, -0.05) is 27.2 Å². The molecule has 0 saturated carbocycles. The first-order chi connectivity index (χ1) is 18.7. The van der Waals surface area contributed by atoms with E-state index in [4.69, 9.17) is 14.0 Å². The molecule has 0 N–H and O–H groups in total. The average molecular weight is 604 g/mol. The summed E-state index contributed by atoms with van der Waals surface area (Å²) in [5.74, 6) is 1.49. The Morgan fingerprint density at radius 1 is 0.923 bits per heavy atom. The number of methoxy groups -OCH3 is 2. The Balaban J connectivity index is 1.51. The molecular weight excluding hydrogens is 579 g/mol. The number of benzene rings is 3. The molecule has 0 spiro atoms. The van der Waals surface area contributed by atoms with Crippen molar-refractivity contribution in [1.82, 2.24) is 15.0 Å². The Bertz CT molecular complexity index is 1410. The van der Waals surface area contributed by atoms with Gasteiger partial charge in [-0.25, -0.2) is 0 Å². The Morgan fingerprint density at radius 3 is 2.23 bits per heavy atom. The van der Waals surface area contributed by atoms with Crippen molar-refractivity contribution in [2.75, 3.05) is 27.3 Å². The lowest BCUT2D eigenvalue weighted by Gasteiger charge is -2.23. The van der Waals surface area contributed by atoms with Gasteiger partial charge in [0.15, 0.2) is 11.5 Å². The van der Waals surface area contributed by atoms with Crippen molar-refractivity contribution in [2.24, 2.45) is 0 Å². The smallest absolute Gasteiger partial charge is 0.416 e. The molecule has 0 aliphatic rings. The van der Waals surface area contributed by atoms with E-state index in [2.05, 4.69) is 26.1 Å². The van der Waals surface area contributed by atoms with Crippen LogP contribution in [0.3, 0.4) is 0 Å². The summed E-state index contributed by atoms with van der Waals surface area (Å²) in [6.45, 7) is 0.512. The number of amides is 1. The summed E-state index contributed by atoms with van der Waals surface area (Å²) in [6, 6.07) is 17.1. The molecule has 0 aliphatic carbocycles. The lowest BCUT2D eigenvalue weighted by atomic mass is 10.1. The van der Waals surface area contributed by atoms with Gasteiger partial charge in [0, 0.05) is 35.1 Å². The molecule has 0 aliphatic heterocycles. The number of aromatic nitrogens is 2. The predicted octanol–water partition coefficient (Wildman–Crippen LogP) is 6.46. The van der Waals surface area contributed by atoms with E-state index in [1.807, 2.05) is 36.4 Å². The zero-order chi connectivity index (χ0) is 28.0. The van der Waals surface area contributed by atoms with Crippen molar-refractivity contribution in [3.8, 4) is 22.9 Å². The van der Waals surface area contributed by atoms with Crippen molar-refractivity contribution in [3.63, 3.8) is 0 Å². The second-order valence-electron chi connectivity index (χ2n) is 8.58. The van der Waals surface area contributed by atoms with Gasteiger partial charge in [0.1, 0.15) is 0 Å². The maximum Gasteiger partial charge on any atom is 0.416 e. The maximum atomic E-state index is 13.4. The van der Waals surface area contributed by atoms with Gasteiger partial charge in [-0.15, -0.1) is 0 Å². The fourth-order valence-corrected chi connectivity index (χ4v) is 4.17. The fraction of sp³-hybridized carbons (Fsp3) is 0.250. The maximum absolute atomic E-state index is 13.4. The monoisotopic (exact) mass is 603 g/mol. The molecule has 0 unspecified atom stereocenters. The molecule has 7 nitrogen and oxygen atoms in total. The van der Waals surface area contributed by atoms with Crippen molar-refractivity contribution in [2.45, 2.75) is 19.0 Å². The van der Waals surface area contributed by atoms with Crippen LogP contribution in [-0.2, 0) is 19.0 Å². The van der Waals surface area contributed by atoms with Crippen molar-refractivity contribution < 1.29 is 32.0 Å². The molecule has 39 heavy (non-hydrogen) atoms. The first kappa shape index (κ1) is 28.2. The van der Waals surface area contributed by atoms with Crippen LogP contribution in [0, 0.1) is 0 Å². The molecule has 204 valence electrons. The van der Waals surface area contributed by atoms with Crippen molar-refractivity contribution >= 4 is 21.8 Å². The standard InChI is InChI=1S/C28H25BrF3N3O4/c1-37-23-12-3-18(17-24(23)38-2)13-15-35(27(36)20-4-8-21(9-5-20)28(30,31)32)16-14-25-33-26(34-39-25)19-6-10-22(29)11-7-19/h3-12,17H,13-16H2,1-2H3. The van der Waals surface area contributed by atoms with Gasteiger partial charge in [-0.2, -0.15) is 18.2 Å². The highest BCUT2D eigenvalue weighted by Gasteiger charge is 2.30. The number of nitrogens with zero attached hydrogens (tertiary/aromatic N) is 3. The summed E-state index contributed by atoms with van der Waals surface area (Å²) in [5.41, 5.74) is 1.01. The SMILES string of the molecule is COc1ccc(CCN(CCc2nc(-c3ccc(Br)cc3)no2)C(=O)c2ccc(C(F)(F)F)cc2)cc1OC. The highest BCUT2D eigenvalue weighted by molar-refractivity contribution is 9.10. The molecular formula is C28H25BrF3N3O4. The Labute approximate surface area is 231 Å². The number of hydrogen-bond donors (Lipinski definition) is 0. The molecule has 0 fully saturated rings. The van der Waals surface area contributed by atoms with Crippen molar-refractivity contribution in [1.29, 1.82) is 0 Å². The minimum atomic E-state index is -4.49. The summed E-state index contributed by atoms with van der Waals surface area (Å²) >= 11 is 3.39. The van der Waals surface area contributed by atoms with Crippen LogP contribution < -0.4 is 9.47 Å². The first-order valence-electron chi connectivity index (χ1n) is 11.9. The number of rotatable bonds is 10. The van der Waals surface area contributed by atoms with E-state index in [1.165, 1.54) is 19.2 Å². The molecule has 4 aromatic rings. The average Bonchev–Trinajstić information content (AvgIpc) is 3.41. The van der Waals surface area contributed by atoms with E-state index in [1.54, 1.807) is 18.1 Å². The Morgan fingerprint density at radius 2 is 1.59 bits per heavy atom. The molecule has 0 bridgehead atoms. The van der Waals surface area contributed by atoms with E-state index < -0.39 is 17.6 Å². The molecule has 0 saturated heterocycles. The summed E-state index contributed by atoms with van der Waals surface area (Å²) < 4.78 is 56.0. The van der Waals surface area contributed by atoms with Gasteiger partial charge >= 0.3 is 6.18 Å². The van der Waals surface area contributed by atoms with E-state index in [-0.39, 0.29) is 18.5 Å². The van der Waals surface area contributed by atoms with Crippen molar-refractivity contribution in [3.05, 3.63) is 93.8 Å². The third-order valence-corrected chi connectivity index (χ3v) is 6.56. The minimum absolute atomic E-state index is 0.149. The second kappa shape index (κ2) is 12.3. The fourth-order valence-electron chi connectivity index (χ4n) is 3.90. The van der Waals surface area contributed by atoms with E-state index >= 15 is 0 Å². The first-order valence-corrected chi connectivity index (χ1v) is 12.7. The van der Waals surface area contributed by atoms with Crippen LogP contribution in [0.15, 0.2) is 75.7 Å². The number of carbonyl (C=O) groups is 1. The van der Waals surface area contributed by atoms with Gasteiger partial charge in [-0.05, 0) is 72.6 Å². The summed E-state index contributed by atoms with van der Waals surface area (Å²) in [7, 11) is 3.08. The summed E-state index contributed by atoms with van der Waals surface area (Å²) in [4.78, 5) is 19.3. The highest BCUT2D eigenvalue weighted by atomic mass is 79.9. The number of hydrogen-bond acceptors (Lipinski definition) is 6. The molecule has 1 aromatic heterocycles. The molecule has 0 atom stereocenters. The van der Waals surface area contributed by atoms with Crippen LogP contribution in [0.25, 0.3) is 11.4 Å². The van der Waals surface area contributed by atoms with Crippen LogP contribution in [0.1, 0.15) is 27.4 Å². The van der Waals surface area contributed by atoms with Gasteiger partial charge in [0.2, 0.25) is 11.7 Å². The largest absolute Gasteiger partial charge is 0.493 e. The number of carbonyl (C=O) groups excluding carboxylic acids is 1. The Kier molecular flexibility index (Phi) is 8.90. The van der Waals surface area contributed by atoms with Crippen LogP contribution >= 0.6 is 15.9 Å². The Hall–Kier alpha value is -3.86. The lowest BCUT2D eigenvalue weighted by molar-refractivity contribution is -0.137. The predicted molar refractivity (Wildman–Crippen MR) is 142 cm³/mol. The molecule has 1 amide bonds. The van der Waals surface area contributed by atoms with Crippen LogP contribution in [0.5, 0.6) is 11.5 Å². The highest BCUT2D eigenvalue weighted by Crippen LogP contribution is 2.30. The van der Waals surface area contributed by atoms with Crippen LogP contribution in [0.2, 0.25) is 0 Å². The zero-order valence-corrected chi connectivity index (χ0v) is 22.8. The molecule has 1 heterocycles. The van der Waals surface area contributed by atoms with E-state index in [0.29, 0.717) is 36.2 Å². The van der Waals surface area contributed by atoms with Gasteiger partial charge < -0.3 is 18.9 Å². The molecule has 0 radical (unpaired) electrons. The number of ether oxygens (including phenoxy) is 2. The topological polar surface area (TPSA) is 77.7 Å².